The van der Waals surface area contributed by atoms with Gasteiger partial charge in [-0.05, 0) is 113 Å². The number of hydrogen-bond donors (Lipinski definition) is 0. The van der Waals surface area contributed by atoms with Gasteiger partial charge < -0.3 is 0 Å². The third-order valence-electron chi connectivity index (χ3n) is 10.3. The zero-order valence-corrected chi connectivity index (χ0v) is 24.4. The lowest BCUT2D eigenvalue weighted by Gasteiger charge is -2.31. The van der Waals surface area contributed by atoms with Gasteiger partial charge in [0.05, 0.1) is 5.41 Å². The molecule has 0 heteroatoms. The van der Waals surface area contributed by atoms with Gasteiger partial charge >= 0.3 is 0 Å². The largest absolute Gasteiger partial charge is 0.0725 e. The van der Waals surface area contributed by atoms with Crippen LogP contribution in [-0.4, -0.2) is 0 Å². The third kappa shape index (κ3) is 2.93. The molecule has 0 saturated carbocycles. The van der Waals surface area contributed by atoms with Gasteiger partial charge in [0.25, 0.3) is 0 Å². The molecular formula is C44H28. The van der Waals surface area contributed by atoms with E-state index in [0.29, 0.717) is 0 Å². The molecule has 0 fully saturated rings. The van der Waals surface area contributed by atoms with Crippen molar-refractivity contribution in [2.24, 2.45) is 0 Å². The molecule has 8 aromatic rings. The van der Waals surface area contributed by atoms with Crippen molar-refractivity contribution in [3.63, 3.8) is 0 Å². The second kappa shape index (κ2) is 8.56. The van der Waals surface area contributed by atoms with E-state index in [1.807, 2.05) is 0 Å². The summed E-state index contributed by atoms with van der Waals surface area (Å²) < 4.78 is 0. The molecule has 0 heterocycles. The minimum Gasteiger partial charge on any atom is -0.0619 e. The molecule has 0 amide bonds. The fourth-order valence-corrected chi connectivity index (χ4v) is 8.46. The van der Waals surface area contributed by atoms with Crippen LogP contribution in [0.15, 0.2) is 152 Å². The molecule has 0 aliphatic heterocycles. The van der Waals surface area contributed by atoms with Gasteiger partial charge in [-0.15, -0.1) is 0 Å². The Morgan fingerprint density at radius 3 is 1.41 bits per heavy atom. The Morgan fingerprint density at radius 1 is 0.318 bits per heavy atom. The van der Waals surface area contributed by atoms with Crippen molar-refractivity contribution < 1.29 is 0 Å². The average molecular weight is 557 g/mol. The van der Waals surface area contributed by atoms with Gasteiger partial charge in [0, 0.05) is 0 Å². The fourth-order valence-electron chi connectivity index (χ4n) is 8.46. The van der Waals surface area contributed by atoms with Gasteiger partial charge in [0.2, 0.25) is 0 Å². The molecule has 1 spiro atoms. The summed E-state index contributed by atoms with van der Waals surface area (Å²) in [6, 6.07) is 57.2. The van der Waals surface area contributed by atoms with Crippen molar-refractivity contribution >= 4 is 32.3 Å². The van der Waals surface area contributed by atoms with E-state index in [-0.39, 0.29) is 5.41 Å². The van der Waals surface area contributed by atoms with Crippen molar-refractivity contribution in [1.82, 2.24) is 0 Å². The second-order valence-corrected chi connectivity index (χ2v) is 12.5. The Kier molecular flexibility index (Phi) is 4.67. The van der Waals surface area contributed by atoms with Crippen LogP contribution in [-0.2, 0) is 5.41 Å². The SMILES string of the molecule is Cc1ccc(-c2ccc3c(c2)C2(c4ccccc4-3)c3ccccc3-c3cc4c5ccccc5c5ccccc5c4cc32)cc1. The topological polar surface area (TPSA) is 0 Å². The maximum atomic E-state index is 2.55. The molecule has 0 N–H and O–H groups in total. The molecular weight excluding hydrogens is 528 g/mol. The monoisotopic (exact) mass is 556 g/mol. The maximum Gasteiger partial charge on any atom is 0.0725 e. The van der Waals surface area contributed by atoms with Gasteiger partial charge in [0.1, 0.15) is 0 Å². The van der Waals surface area contributed by atoms with Crippen LogP contribution in [0, 0.1) is 6.92 Å². The normalized spacial score (nSPS) is 15.9. The van der Waals surface area contributed by atoms with E-state index in [2.05, 4.69) is 159 Å². The molecule has 0 saturated heterocycles. The van der Waals surface area contributed by atoms with Gasteiger partial charge in [-0.1, -0.05) is 139 Å². The number of benzene rings is 8. The molecule has 0 radical (unpaired) electrons. The van der Waals surface area contributed by atoms with E-state index in [1.54, 1.807) is 0 Å². The minimum absolute atomic E-state index is 0.389. The van der Waals surface area contributed by atoms with Crippen LogP contribution in [0.1, 0.15) is 27.8 Å². The van der Waals surface area contributed by atoms with E-state index in [4.69, 9.17) is 0 Å². The quantitative estimate of drug-likeness (QED) is 0.176. The first-order valence-corrected chi connectivity index (χ1v) is 15.5. The van der Waals surface area contributed by atoms with Crippen LogP contribution in [0.4, 0.5) is 0 Å². The lowest BCUT2D eigenvalue weighted by atomic mass is 9.70. The van der Waals surface area contributed by atoms with E-state index < -0.39 is 0 Å². The summed E-state index contributed by atoms with van der Waals surface area (Å²) in [7, 11) is 0. The standard InChI is InChI=1S/C44H28/c1-27-18-20-28(21-19-27)29-22-23-36-34-14-6-8-16-40(34)44(42(36)24-29)41-17-9-7-15-35(41)39-25-37-32-12-4-2-10-30(32)31-11-3-5-13-33(31)38(37)26-43(39)44/h2-26H,1H3. The van der Waals surface area contributed by atoms with Crippen molar-refractivity contribution in [3.8, 4) is 33.4 Å². The van der Waals surface area contributed by atoms with Gasteiger partial charge in [-0.3, -0.25) is 0 Å². The third-order valence-corrected chi connectivity index (χ3v) is 10.3. The molecule has 2 aliphatic carbocycles. The van der Waals surface area contributed by atoms with Crippen LogP contribution in [0.5, 0.6) is 0 Å². The number of aryl methyl sites for hydroxylation is 1. The first kappa shape index (κ1) is 24.0. The second-order valence-electron chi connectivity index (χ2n) is 12.5. The highest BCUT2D eigenvalue weighted by Crippen LogP contribution is 2.63. The van der Waals surface area contributed by atoms with Crippen LogP contribution in [0.3, 0.4) is 0 Å². The Hall–Kier alpha value is -5.46. The zero-order chi connectivity index (χ0) is 29.0. The molecule has 204 valence electrons. The van der Waals surface area contributed by atoms with Crippen LogP contribution in [0.2, 0.25) is 0 Å². The lowest BCUT2D eigenvalue weighted by molar-refractivity contribution is 0.795. The summed E-state index contributed by atoms with van der Waals surface area (Å²) in [5.74, 6) is 0. The molecule has 2 aliphatic rings. The molecule has 10 rings (SSSR count). The molecule has 44 heavy (non-hydrogen) atoms. The predicted molar refractivity (Wildman–Crippen MR) is 185 cm³/mol. The highest BCUT2D eigenvalue weighted by Gasteiger charge is 2.51. The Bertz CT molecular complexity index is 2500. The summed E-state index contributed by atoms with van der Waals surface area (Å²) >= 11 is 0. The summed E-state index contributed by atoms with van der Waals surface area (Å²) in [5, 5.41) is 7.91. The number of hydrogen-bond acceptors (Lipinski definition) is 0. The number of fused-ring (bicyclic) bond motifs is 16. The van der Waals surface area contributed by atoms with E-state index in [1.165, 1.54) is 93.5 Å². The lowest BCUT2D eigenvalue weighted by Crippen LogP contribution is -2.25. The molecule has 0 aromatic heterocycles. The van der Waals surface area contributed by atoms with Gasteiger partial charge in [0.15, 0.2) is 0 Å². The van der Waals surface area contributed by atoms with Crippen molar-refractivity contribution in [2.45, 2.75) is 12.3 Å². The van der Waals surface area contributed by atoms with Crippen molar-refractivity contribution in [2.75, 3.05) is 0 Å². The van der Waals surface area contributed by atoms with Crippen LogP contribution in [0.25, 0.3) is 65.7 Å². The maximum absolute atomic E-state index is 2.55. The Labute approximate surface area is 256 Å². The van der Waals surface area contributed by atoms with Crippen LogP contribution < -0.4 is 0 Å². The minimum atomic E-state index is -0.389. The fraction of sp³-hybridized carbons (Fsp3) is 0.0455. The van der Waals surface area contributed by atoms with E-state index >= 15 is 0 Å². The van der Waals surface area contributed by atoms with Crippen molar-refractivity contribution in [1.29, 1.82) is 0 Å². The number of rotatable bonds is 1. The highest BCUT2D eigenvalue weighted by molar-refractivity contribution is 6.26. The molecule has 1 atom stereocenters. The van der Waals surface area contributed by atoms with Crippen LogP contribution >= 0.6 is 0 Å². The first-order valence-electron chi connectivity index (χ1n) is 15.5. The van der Waals surface area contributed by atoms with Gasteiger partial charge in [-0.2, -0.15) is 0 Å². The van der Waals surface area contributed by atoms with E-state index in [0.717, 1.165) is 0 Å². The molecule has 0 bridgehead atoms. The van der Waals surface area contributed by atoms with Crippen molar-refractivity contribution in [3.05, 3.63) is 179 Å². The highest BCUT2D eigenvalue weighted by atomic mass is 14.5. The molecule has 0 nitrogen and oxygen atoms in total. The molecule has 8 aromatic carbocycles. The Morgan fingerprint density at radius 2 is 0.773 bits per heavy atom. The summed E-state index contributed by atoms with van der Waals surface area (Å²) in [4.78, 5) is 0. The zero-order valence-electron chi connectivity index (χ0n) is 24.4. The summed E-state index contributed by atoms with van der Waals surface area (Å²) in [6.45, 7) is 2.15. The van der Waals surface area contributed by atoms with Gasteiger partial charge in [-0.25, -0.2) is 0 Å². The smallest absolute Gasteiger partial charge is 0.0619 e. The summed E-state index contributed by atoms with van der Waals surface area (Å²) in [6.07, 6.45) is 0. The Balaban J connectivity index is 1.38. The first-order chi connectivity index (χ1) is 21.7. The average Bonchev–Trinajstić information content (AvgIpc) is 3.54. The predicted octanol–water partition coefficient (Wildman–Crippen LogP) is 11.5. The molecule has 1 unspecified atom stereocenters. The van der Waals surface area contributed by atoms with E-state index in [9.17, 15) is 0 Å². The summed E-state index contributed by atoms with van der Waals surface area (Å²) in [5.41, 5.74) is 14.3.